The molecule has 0 spiro atoms. The zero-order valence-electron chi connectivity index (χ0n) is 10.2. The van der Waals surface area contributed by atoms with E-state index in [1.165, 1.54) is 29.2 Å². The van der Waals surface area contributed by atoms with Gasteiger partial charge in [0.15, 0.2) is 5.82 Å². The lowest BCUT2D eigenvalue weighted by molar-refractivity contribution is -0.384. The number of aromatic nitrogens is 3. The van der Waals surface area contributed by atoms with Crippen molar-refractivity contribution in [1.82, 2.24) is 14.8 Å². The topological polar surface area (TPSA) is 111 Å². The highest BCUT2D eigenvalue weighted by atomic mass is 16.6. The zero-order chi connectivity index (χ0) is 14.5. The quantitative estimate of drug-likeness (QED) is 0.502. The molecule has 0 fully saturated rings. The van der Waals surface area contributed by atoms with Gasteiger partial charge in [-0.25, -0.2) is 14.5 Å². The van der Waals surface area contributed by atoms with Crippen molar-refractivity contribution in [2.45, 2.75) is 6.54 Å². The van der Waals surface area contributed by atoms with Gasteiger partial charge in [-0.1, -0.05) is 6.08 Å². The van der Waals surface area contributed by atoms with Gasteiger partial charge in [0.1, 0.15) is 6.33 Å². The average molecular weight is 274 g/mol. The number of nitro groups is 1. The van der Waals surface area contributed by atoms with E-state index >= 15 is 0 Å². The van der Waals surface area contributed by atoms with Crippen LogP contribution >= 0.6 is 0 Å². The van der Waals surface area contributed by atoms with Crippen LogP contribution in [-0.4, -0.2) is 30.8 Å². The zero-order valence-corrected chi connectivity index (χ0v) is 10.2. The molecule has 0 bridgehead atoms. The number of hydrogen-bond donors (Lipinski definition) is 1. The molecule has 0 aliphatic heterocycles. The van der Waals surface area contributed by atoms with Crippen molar-refractivity contribution < 1.29 is 14.8 Å². The summed E-state index contributed by atoms with van der Waals surface area (Å²) in [5.41, 5.74) is 0.647. The van der Waals surface area contributed by atoms with Crippen molar-refractivity contribution in [2.24, 2.45) is 0 Å². The summed E-state index contributed by atoms with van der Waals surface area (Å²) in [5, 5.41) is 23.1. The fourth-order valence-corrected chi connectivity index (χ4v) is 1.51. The molecule has 0 aliphatic rings. The summed E-state index contributed by atoms with van der Waals surface area (Å²) in [5.74, 6) is -0.607. The molecule has 1 aromatic carbocycles. The molecule has 1 aromatic heterocycles. The van der Waals surface area contributed by atoms with Gasteiger partial charge in [-0.15, -0.1) is 0 Å². The third-order valence-corrected chi connectivity index (χ3v) is 2.43. The SMILES string of the molecule is O=C(O)/C=C/Cn1cnc(-c2ccc([N+](=O)[O-])cc2)n1. The van der Waals surface area contributed by atoms with E-state index in [0.29, 0.717) is 11.4 Å². The van der Waals surface area contributed by atoms with Crippen LogP contribution in [0, 0.1) is 10.1 Å². The van der Waals surface area contributed by atoms with Gasteiger partial charge >= 0.3 is 5.97 Å². The predicted octanol–water partition coefficient (Wildman–Crippen LogP) is 1.49. The van der Waals surface area contributed by atoms with Crippen LogP contribution in [0.1, 0.15) is 0 Å². The van der Waals surface area contributed by atoms with Gasteiger partial charge in [-0.2, -0.15) is 5.10 Å². The normalized spacial score (nSPS) is 10.8. The first-order chi connectivity index (χ1) is 9.56. The summed E-state index contributed by atoms with van der Waals surface area (Å²) in [4.78, 5) is 24.4. The maximum atomic E-state index is 10.5. The van der Waals surface area contributed by atoms with Crippen molar-refractivity contribution in [3.8, 4) is 11.4 Å². The number of rotatable bonds is 5. The van der Waals surface area contributed by atoms with Gasteiger partial charge < -0.3 is 5.11 Å². The maximum Gasteiger partial charge on any atom is 0.328 e. The molecule has 0 radical (unpaired) electrons. The number of allylic oxidation sites excluding steroid dienone is 1. The molecule has 0 aliphatic carbocycles. The van der Waals surface area contributed by atoms with Gasteiger partial charge in [0.25, 0.3) is 5.69 Å². The molecule has 2 aromatic rings. The number of carboxylic acids is 1. The minimum atomic E-state index is -1.03. The first-order valence-corrected chi connectivity index (χ1v) is 5.60. The first kappa shape index (κ1) is 13.4. The lowest BCUT2D eigenvalue weighted by Gasteiger charge is -1.95. The fourth-order valence-electron chi connectivity index (χ4n) is 1.51. The Bertz CT molecular complexity index is 660. The molecule has 8 nitrogen and oxygen atoms in total. The molecule has 1 heterocycles. The highest BCUT2D eigenvalue weighted by molar-refractivity contribution is 5.79. The second-order valence-electron chi connectivity index (χ2n) is 3.83. The molecule has 1 N–H and O–H groups in total. The van der Waals surface area contributed by atoms with Crippen LogP contribution in [0.5, 0.6) is 0 Å². The molecular formula is C12H10N4O4. The standard InChI is InChI=1S/C12H10N4O4/c17-11(18)2-1-7-15-8-13-12(14-15)9-3-5-10(6-4-9)16(19)20/h1-6,8H,7H2,(H,17,18)/b2-1+. The summed E-state index contributed by atoms with van der Waals surface area (Å²) < 4.78 is 1.47. The number of carboxylic acid groups (broad SMARTS) is 1. The Morgan fingerprint density at radius 3 is 2.70 bits per heavy atom. The lowest BCUT2D eigenvalue weighted by atomic mass is 10.2. The second-order valence-corrected chi connectivity index (χ2v) is 3.83. The maximum absolute atomic E-state index is 10.5. The Morgan fingerprint density at radius 1 is 1.40 bits per heavy atom. The van der Waals surface area contributed by atoms with E-state index in [0.717, 1.165) is 6.08 Å². The van der Waals surface area contributed by atoms with Crippen LogP contribution in [-0.2, 0) is 11.3 Å². The number of aliphatic carboxylic acids is 1. The monoisotopic (exact) mass is 274 g/mol. The van der Waals surface area contributed by atoms with E-state index in [4.69, 9.17) is 5.11 Å². The molecule has 0 unspecified atom stereocenters. The largest absolute Gasteiger partial charge is 0.478 e. The summed E-state index contributed by atoms with van der Waals surface area (Å²) in [6, 6.07) is 5.87. The van der Waals surface area contributed by atoms with Crippen LogP contribution in [0.15, 0.2) is 42.7 Å². The minimum absolute atomic E-state index is 0.00225. The van der Waals surface area contributed by atoms with Crippen molar-refractivity contribution in [3.63, 3.8) is 0 Å². The van der Waals surface area contributed by atoms with E-state index in [1.807, 2.05) is 0 Å². The van der Waals surface area contributed by atoms with Crippen LogP contribution in [0.2, 0.25) is 0 Å². The third-order valence-electron chi connectivity index (χ3n) is 2.43. The van der Waals surface area contributed by atoms with Gasteiger partial charge in [-0.3, -0.25) is 10.1 Å². The third kappa shape index (κ3) is 3.25. The summed E-state index contributed by atoms with van der Waals surface area (Å²) in [6.07, 6.45) is 3.92. The number of carbonyl (C=O) groups is 1. The Balaban J connectivity index is 2.12. The number of non-ortho nitro benzene ring substituents is 1. The van der Waals surface area contributed by atoms with E-state index in [9.17, 15) is 14.9 Å². The number of nitro benzene ring substituents is 1. The molecule has 2 rings (SSSR count). The number of benzene rings is 1. The highest BCUT2D eigenvalue weighted by Crippen LogP contribution is 2.18. The van der Waals surface area contributed by atoms with Crippen molar-refractivity contribution in [2.75, 3.05) is 0 Å². The average Bonchev–Trinajstić information content (AvgIpc) is 2.87. The molecule has 0 amide bonds. The van der Waals surface area contributed by atoms with Crippen LogP contribution in [0.4, 0.5) is 5.69 Å². The molecule has 0 saturated carbocycles. The molecule has 20 heavy (non-hydrogen) atoms. The highest BCUT2D eigenvalue weighted by Gasteiger charge is 2.07. The summed E-state index contributed by atoms with van der Waals surface area (Å²) in [6.45, 7) is 0.284. The summed E-state index contributed by atoms with van der Waals surface area (Å²) >= 11 is 0. The van der Waals surface area contributed by atoms with Gasteiger partial charge in [0, 0.05) is 23.8 Å². The molecular weight excluding hydrogens is 264 g/mol. The Kier molecular flexibility index (Phi) is 3.85. The molecule has 8 heteroatoms. The smallest absolute Gasteiger partial charge is 0.328 e. The molecule has 102 valence electrons. The van der Waals surface area contributed by atoms with E-state index in [1.54, 1.807) is 12.1 Å². The Morgan fingerprint density at radius 2 is 2.10 bits per heavy atom. The second kappa shape index (κ2) is 5.74. The fraction of sp³-hybridized carbons (Fsp3) is 0.0833. The van der Waals surface area contributed by atoms with Crippen molar-refractivity contribution >= 4 is 11.7 Å². The lowest BCUT2D eigenvalue weighted by Crippen LogP contribution is -1.97. The van der Waals surface area contributed by atoms with E-state index < -0.39 is 10.9 Å². The van der Waals surface area contributed by atoms with Crippen LogP contribution in [0.3, 0.4) is 0 Å². The van der Waals surface area contributed by atoms with Gasteiger partial charge in [0.2, 0.25) is 0 Å². The van der Waals surface area contributed by atoms with Crippen LogP contribution < -0.4 is 0 Å². The van der Waals surface area contributed by atoms with Crippen molar-refractivity contribution in [3.05, 3.63) is 52.9 Å². The predicted molar refractivity (Wildman–Crippen MR) is 68.9 cm³/mol. The number of nitrogens with zero attached hydrogens (tertiary/aromatic N) is 4. The Labute approximate surface area is 113 Å². The van der Waals surface area contributed by atoms with E-state index in [2.05, 4.69) is 10.1 Å². The van der Waals surface area contributed by atoms with Crippen molar-refractivity contribution in [1.29, 1.82) is 0 Å². The first-order valence-electron chi connectivity index (χ1n) is 5.60. The van der Waals surface area contributed by atoms with Gasteiger partial charge in [-0.05, 0) is 12.1 Å². The van der Waals surface area contributed by atoms with E-state index in [-0.39, 0.29) is 12.2 Å². The Hall–Kier alpha value is -3.03. The molecule has 0 atom stereocenters. The molecule has 0 saturated heterocycles. The summed E-state index contributed by atoms with van der Waals surface area (Å²) in [7, 11) is 0. The van der Waals surface area contributed by atoms with Gasteiger partial charge in [0.05, 0.1) is 11.5 Å². The minimum Gasteiger partial charge on any atom is -0.478 e. The van der Waals surface area contributed by atoms with Crippen LogP contribution in [0.25, 0.3) is 11.4 Å². The number of hydrogen-bond acceptors (Lipinski definition) is 5.